The highest BCUT2D eigenvalue weighted by Gasteiger charge is 2.35. The summed E-state index contributed by atoms with van der Waals surface area (Å²) in [6, 6.07) is 0. The third-order valence-electron chi connectivity index (χ3n) is 13.7. The van der Waals surface area contributed by atoms with E-state index in [1.165, 1.54) is 250 Å². The van der Waals surface area contributed by atoms with Crippen molar-refractivity contribution >= 4 is 0 Å². The van der Waals surface area contributed by atoms with Gasteiger partial charge in [0.1, 0.15) is 0 Å². The lowest BCUT2D eigenvalue weighted by molar-refractivity contribution is 0.237. The van der Waals surface area contributed by atoms with E-state index in [1.807, 2.05) is 0 Å². The zero-order valence-electron chi connectivity index (χ0n) is 34.1. The van der Waals surface area contributed by atoms with Crippen molar-refractivity contribution in [3.8, 4) is 0 Å². The van der Waals surface area contributed by atoms with E-state index in [9.17, 15) is 0 Å². The molecule has 0 heterocycles. The van der Waals surface area contributed by atoms with Crippen LogP contribution in [-0.2, 0) is 0 Å². The van der Waals surface area contributed by atoms with E-state index < -0.39 is 0 Å². The quantitative estimate of drug-likeness (QED) is 0.278. The number of hydrogen-bond donors (Lipinski definition) is 0. The summed E-state index contributed by atoms with van der Waals surface area (Å²) in [5.74, 6) is 5.04. The van der Waals surface area contributed by atoms with Gasteiger partial charge in [-0.2, -0.15) is 0 Å². The van der Waals surface area contributed by atoms with Crippen LogP contribution >= 0.6 is 0 Å². The van der Waals surface area contributed by atoms with E-state index in [0.29, 0.717) is 0 Å². The Bertz CT molecular complexity index is 527. The normalized spacial score (nSPS) is 25.9. The molecule has 0 bridgehead atoms. The highest BCUT2D eigenvalue weighted by atomic mass is 14.4. The summed E-state index contributed by atoms with van der Waals surface area (Å²) >= 11 is 0. The second-order valence-electron chi connectivity index (χ2n) is 18.1. The van der Waals surface area contributed by atoms with Crippen LogP contribution in [0.3, 0.4) is 0 Å². The molecule has 0 saturated heterocycles. The third kappa shape index (κ3) is 23.3. The van der Waals surface area contributed by atoms with Crippen molar-refractivity contribution in [1.29, 1.82) is 0 Å². The first kappa shape index (κ1) is 43.4. The predicted molar refractivity (Wildman–Crippen MR) is 221 cm³/mol. The Balaban J connectivity index is 1.79. The van der Waals surface area contributed by atoms with Gasteiger partial charge in [-0.05, 0) is 62.2 Å². The molecule has 0 unspecified atom stereocenters. The fraction of sp³-hybridized carbons (Fsp3) is 0.980. The van der Waals surface area contributed by atoms with Crippen LogP contribution in [0.5, 0.6) is 0 Å². The number of rotatable bonds is 3. The van der Waals surface area contributed by atoms with E-state index in [2.05, 4.69) is 5.92 Å². The Morgan fingerprint density at radius 1 is 0.143 bits per heavy atom. The van der Waals surface area contributed by atoms with Crippen molar-refractivity contribution in [2.45, 2.75) is 289 Å². The Hall–Kier alpha value is 0. The lowest BCUT2D eigenvalue weighted by Gasteiger charge is -2.40. The summed E-state index contributed by atoms with van der Waals surface area (Å²) in [5, 5.41) is 0. The standard InChI is InChI=1S/C49H93/c1-4-10-16-22-28-34-40-46(41-35-29-23-17-11-5-1)49(47-42-36-30-24-18-12-6-2-7-13-19-25-31-37-43-47)48-44-38-32-26-20-14-8-3-9-15-21-27-33-39-45-48/h46-48H,1-45H2. The van der Waals surface area contributed by atoms with Gasteiger partial charge in [0.25, 0.3) is 0 Å². The van der Waals surface area contributed by atoms with Crippen LogP contribution in [0.1, 0.15) is 289 Å². The maximum Gasteiger partial charge on any atom is -0.0148 e. The second kappa shape index (κ2) is 32.6. The molecule has 3 aliphatic rings. The van der Waals surface area contributed by atoms with E-state index >= 15 is 0 Å². The van der Waals surface area contributed by atoms with Crippen LogP contribution in [0.4, 0.5) is 0 Å². The molecule has 1 radical (unpaired) electrons. The first-order valence-electron chi connectivity index (χ1n) is 24.3. The summed E-state index contributed by atoms with van der Waals surface area (Å²) in [6.45, 7) is 0. The van der Waals surface area contributed by atoms with Gasteiger partial charge in [-0.1, -0.05) is 250 Å². The summed E-state index contributed by atoms with van der Waals surface area (Å²) in [5.41, 5.74) is 0. The molecule has 0 nitrogen and oxygen atoms in total. The highest BCUT2D eigenvalue weighted by molar-refractivity contribution is 5.07. The van der Waals surface area contributed by atoms with Gasteiger partial charge < -0.3 is 0 Å². The maximum absolute atomic E-state index is 2.21. The Kier molecular flexibility index (Phi) is 28.9. The molecule has 0 aliphatic heterocycles. The second-order valence-corrected chi connectivity index (χ2v) is 18.1. The molecule has 0 aromatic carbocycles. The zero-order valence-corrected chi connectivity index (χ0v) is 34.1. The predicted octanol–water partition coefficient (Wildman–Crippen LogP) is 18.0. The van der Waals surface area contributed by atoms with Crippen molar-refractivity contribution in [3.05, 3.63) is 5.92 Å². The van der Waals surface area contributed by atoms with Gasteiger partial charge in [-0.25, -0.2) is 0 Å². The molecule has 3 rings (SSSR count). The van der Waals surface area contributed by atoms with Crippen LogP contribution in [0.2, 0.25) is 0 Å². The Labute approximate surface area is 311 Å². The summed E-state index contributed by atoms with van der Waals surface area (Å²) < 4.78 is 0. The minimum Gasteiger partial charge on any atom is -0.0533 e. The SMILES string of the molecule is C1CCCCCCCC([C](C2CCCCCCCCCCCCCCC2)C2CCCCCCCCCCCCCCC2)CCCCCCC1. The largest absolute Gasteiger partial charge is 0.0533 e. The fourth-order valence-electron chi connectivity index (χ4n) is 10.6. The summed E-state index contributed by atoms with van der Waals surface area (Å²) in [6.07, 6.45) is 68.1. The molecular formula is C49H93. The molecule has 3 aliphatic carbocycles. The highest BCUT2D eigenvalue weighted by Crippen LogP contribution is 2.46. The van der Waals surface area contributed by atoms with Gasteiger partial charge in [0.05, 0.1) is 0 Å². The smallest absolute Gasteiger partial charge is 0.0148 e. The van der Waals surface area contributed by atoms with E-state index in [0.717, 1.165) is 17.8 Å². The molecule has 0 heteroatoms. The fourth-order valence-corrected chi connectivity index (χ4v) is 10.6. The third-order valence-corrected chi connectivity index (χ3v) is 13.7. The van der Waals surface area contributed by atoms with Gasteiger partial charge in [0.15, 0.2) is 0 Å². The van der Waals surface area contributed by atoms with Crippen LogP contribution in [0.25, 0.3) is 0 Å². The molecule has 0 spiro atoms. The van der Waals surface area contributed by atoms with Crippen molar-refractivity contribution < 1.29 is 0 Å². The van der Waals surface area contributed by atoms with Crippen LogP contribution in [0.15, 0.2) is 0 Å². The molecule has 49 heavy (non-hydrogen) atoms. The maximum atomic E-state index is 2.21. The molecule has 3 fully saturated rings. The first-order chi connectivity index (χ1) is 24.4. The average molecular weight is 682 g/mol. The molecule has 0 aromatic rings. The minimum atomic E-state index is 0.944. The van der Waals surface area contributed by atoms with E-state index in [1.54, 1.807) is 38.5 Å². The Morgan fingerprint density at radius 2 is 0.245 bits per heavy atom. The van der Waals surface area contributed by atoms with Crippen LogP contribution < -0.4 is 0 Å². The molecule has 0 atom stereocenters. The molecule has 0 amide bonds. The molecule has 3 saturated carbocycles. The summed E-state index contributed by atoms with van der Waals surface area (Å²) in [4.78, 5) is 0. The topological polar surface area (TPSA) is 0 Å². The minimum absolute atomic E-state index is 0.944. The van der Waals surface area contributed by atoms with Crippen molar-refractivity contribution in [2.75, 3.05) is 0 Å². The van der Waals surface area contributed by atoms with Gasteiger partial charge >= 0.3 is 0 Å². The lowest BCUT2D eigenvalue weighted by atomic mass is 9.64. The monoisotopic (exact) mass is 682 g/mol. The van der Waals surface area contributed by atoms with Gasteiger partial charge in [0.2, 0.25) is 0 Å². The molecular weight excluding hydrogens is 589 g/mol. The van der Waals surface area contributed by atoms with Gasteiger partial charge in [0, 0.05) is 0 Å². The van der Waals surface area contributed by atoms with Crippen molar-refractivity contribution in [1.82, 2.24) is 0 Å². The Morgan fingerprint density at radius 3 is 0.367 bits per heavy atom. The first-order valence-corrected chi connectivity index (χ1v) is 24.3. The van der Waals surface area contributed by atoms with Gasteiger partial charge in [-0.3, -0.25) is 0 Å². The van der Waals surface area contributed by atoms with Gasteiger partial charge in [-0.15, -0.1) is 0 Å². The van der Waals surface area contributed by atoms with Crippen molar-refractivity contribution in [3.63, 3.8) is 0 Å². The van der Waals surface area contributed by atoms with Crippen LogP contribution in [0, 0.1) is 23.7 Å². The molecule has 0 N–H and O–H groups in total. The lowest BCUT2D eigenvalue weighted by Crippen LogP contribution is -2.30. The van der Waals surface area contributed by atoms with E-state index in [-0.39, 0.29) is 0 Å². The van der Waals surface area contributed by atoms with Crippen molar-refractivity contribution in [2.24, 2.45) is 17.8 Å². The number of hydrogen-bond acceptors (Lipinski definition) is 0. The van der Waals surface area contributed by atoms with Crippen LogP contribution in [-0.4, -0.2) is 0 Å². The molecule has 0 aromatic heterocycles. The zero-order chi connectivity index (χ0) is 34.1. The van der Waals surface area contributed by atoms with E-state index in [4.69, 9.17) is 0 Å². The summed E-state index contributed by atoms with van der Waals surface area (Å²) in [7, 11) is 0. The molecule has 289 valence electrons. The average Bonchev–Trinajstić information content (AvgIpc) is 3.10.